The third-order valence-corrected chi connectivity index (χ3v) is 5.61. The van der Waals surface area contributed by atoms with Crippen LogP contribution in [0, 0.1) is 0 Å². The van der Waals surface area contributed by atoms with Crippen LogP contribution in [0.4, 0.5) is 4.79 Å². The predicted molar refractivity (Wildman–Crippen MR) is 106 cm³/mol. The summed E-state index contributed by atoms with van der Waals surface area (Å²) in [6.07, 6.45) is 1.72. The van der Waals surface area contributed by atoms with Crippen molar-refractivity contribution in [1.29, 1.82) is 0 Å². The number of esters is 1. The van der Waals surface area contributed by atoms with Crippen molar-refractivity contribution < 1.29 is 19.1 Å². The van der Waals surface area contributed by atoms with Crippen LogP contribution in [0.25, 0.3) is 0 Å². The monoisotopic (exact) mass is 389 g/mol. The predicted octanol–water partition coefficient (Wildman–Crippen LogP) is 1.97. The van der Waals surface area contributed by atoms with Crippen LogP contribution in [0.15, 0.2) is 30.3 Å². The quantitative estimate of drug-likeness (QED) is 0.718. The summed E-state index contributed by atoms with van der Waals surface area (Å²) >= 11 is 0. The number of piperazine rings is 1. The van der Waals surface area contributed by atoms with Gasteiger partial charge in [0, 0.05) is 25.7 Å². The van der Waals surface area contributed by atoms with E-state index in [0.717, 1.165) is 38.0 Å². The number of carbonyl (C=O) groups excluding carboxylic acids is 2. The summed E-state index contributed by atoms with van der Waals surface area (Å²) in [5.74, 6) is -0.350. The number of amides is 1. The average molecular weight is 389 g/mol. The van der Waals surface area contributed by atoms with Crippen LogP contribution in [-0.2, 0) is 20.9 Å². The summed E-state index contributed by atoms with van der Waals surface area (Å²) in [6, 6.07) is 9.40. The Morgan fingerprint density at radius 1 is 1.04 bits per heavy atom. The van der Waals surface area contributed by atoms with Crippen molar-refractivity contribution in [2.45, 2.75) is 38.5 Å². The highest BCUT2D eigenvalue weighted by Crippen LogP contribution is 2.21. The van der Waals surface area contributed by atoms with E-state index in [1.165, 1.54) is 4.90 Å². The Morgan fingerprint density at radius 2 is 1.75 bits per heavy atom. The zero-order chi connectivity index (χ0) is 19.9. The van der Waals surface area contributed by atoms with E-state index in [1.807, 2.05) is 30.3 Å². The minimum atomic E-state index is -0.614. The molecule has 0 bridgehead atoms. The lowest BCUT2D eigenvalue weighted by Crippen LogP contribution is -2.61. The van der Waals surface area contributed by atoms with E-state index in [4.69, 9.17) is 9.47 Å². The van der Waals surface area contributed by atoms with Crippen LogP contribution in [0.5, 0.6) is 0 Å². The first-order valence-corrected chi connectivity index (χ1v) is 10.1. The highest BCUT2D eigenvalue weighted by atomic mass is 16.6. The number of hydrogen-bond acceptors (Lipinski definition) is 6. The Bertz CT molecular complexity index is 646. The first-order chi connectivity index (χ1) is 13.6. The van der Waals surface area contributed by atoms with Crippen molar-refractivity contribution in [3.05, 3.63) is 35.9 Å². The average Bonchev–Trinajstić information content (AvgIpc) is 2.73. The molecule has 1 aromatic carbocycles. The number of likely N-dealkylation sites (tertiary alicyclic amines) is 1. The number of ether oxygens (including phenoxy) is 2. The van der Waals surface area contributed by atoms with E-state index < -0.39 is 12.1 Å². The molecule has 0 aliphatic carbocycles. The molecule has 1 atom stereocenters. The normalized spacial score (nSPS) is 22.1. The Kier molecular flexibility index (Phi) is 7.28. The maximum absolute atomic E-state index is 12.7. The fraction of sp³-hybridized carbons (Fsp3) is 0.619. The lowest BCUT2D eigenvalue weighted by Gasteiger charge is -2.44. The molecule has 2 aliphatic heterocycles. The lowest BCUT2D eigenvalue weighted by molar-refractivity contribution is -0.152. The van der Waals surface area contributed by atoms with Gasteiger partial charge < -0.3 is 14.4 Å². The van der Waals surface area contributed by atoms with E-state index in [9.17, 15) is 9.59 Å². The van der Waals surface area contributed by atoms with Gasteiger partial charge in [0.05, 0.1) is 6.61 Å². The molecular formula is C21H31N3O4. The first-order valence-electron chi connectivity index (χ1n) is 10.1. The molecule has 2 aliphatic rings. The van der Waals surface area contributed by atoms with Gasteiger partial charge in [-0.25, -0.2) is 9.59 Å². The standard InChI is InChI=1S/C21H31N3O4/c1-3-27-20(25)19-15-23(18-9-11-22(2)12-10-18)13-14-24(19)21(26)28-16-17-7-5-4-6-8-17/h4-8,18-19H,3,9-16H2,1-2H3/t19-/m0/s1. The number of rotatable bonds is 5. The topological polar surface area (TPSA) is 62.3 Å². The summed E-state index contributed by atoms with van der Waals surface area (Å²) in [6.45, 7) is 6.15. The van der Waals surface area contributed by atoms with Crippen LogP contribution in [0.1, 0.15) is 25.3 Å². The summed E-state index contributed by atoms with van der Waals surface area (Å²) in [5, 5.41) is 0. The van der Waals surface area contributed by atoms with E-state index in [1.54, 1.807) is 6.92 Å². The summed E-state index contributed by atoms with van der Waals surface area (Å²) in [4.78, 5) is 31.5. The van der Waals surface area contributed by atoms with Crippen molar-refractivity contribution in [3.63, 3.8) is 0 Å². The highest BCUT2D eigenvalue weighted by molar-refractivity contribution is 5.82. The van der Waals surface area contributed by atoms with Crippen LogP contribution in [0.3, 0.4) is 0 Å². The molecule has 0 spiro atoms. The zero-order valence-corrected chi connectivity index (χ0v) is 16.9. The Balaban J connectivity index is 1.62. The van der Waals surface area contributed by atoms with Crippen molar-refractivity contribution in [3.8, 4) is 0 Å². The largest absolute Gasteiger partial charge is 0.464 e. The second-order valence-electron chi connectivity index (χ2n) is 7.53. The maximum atomic E-state index is 12.7. The molecule has 1 amide bonds. The van der Waals surface area contributed by atoms with Crippen LogP contribution in [0.2, 0.25) is 0 Å². The summed E-state index contributed by atoms with van der Waals surface area (Å²) in [7, 11) is 2.14. The molecule has 2 fully saturated rings. The van der Waals surface area contributed by atoms with Gasteiger partial charge in [-0.3, -0.25) is 9.80 Å². The zero-order valence-electron chi connectivity index (χ0n) is 16.9. The number of nitrogens with zero attached hydrogens (tertiary/aromatic N) is 3. The fourth-order valence-corrected chi connectivity index (χ4v) is 3.96. The Morgan fingerprint density at radius 3 is 2.43 bits per heavy atom. The minimum Gasteiger partial charge on any atom is -0.464 e. The number of piperidine rings is 1. The van der Waals surface area contributed by atoms with E-state index in [0.29, 0.717) is 25.7 Å². The summed E-state index contributed by atoms with van der Waals surface area (Å²) < 4.78 is 10.7. The van der Waals surface area contributed by atoms with E-state index >= 15 is 0 Å². The van der Waals surface area contributed by atoms with E-state index in [-0.39, 0.29) is 12.6 Å². The van der Waals surface area contributed by atoms with Crippen molar-refractivity contribution in [2.75, 3.05) is 46.4 Å². The third kappa shape index (κ3) is 5.23. The second kappa shape index (κ2) is 9.89. The maximum Gasteiger partial charge on any atom is 0.410 e. The third-order valence-electron chi connectivity index (χ3n) is 5.61. The molecule has 2 heterocycles. The summed E-state index contributed by atoms with van der Waals surface area (Å²) in [5.41, 5.74) is 0.925. The second-order valence-corrected chi connectivity index (χ2v) is 7.53. The van der Waals surface area contributed by atoms with Crippen molar-refractivity contribution >= 4 is 12.1 Å². The molecule has 0 N–H and O–H groups in total. The molecule has 7 nitrogen and oxygen atoms in total. The molecule has 0 unspecified atom stereocenters. The Labute approximate surface area is 167 Å². The van der Waals surface area contributed by atoms with Gasteiger partial charge in [0.1, 0.15) is 12.6 Å². The van der Waals surface area contributed by atoms with Gasteiger partial charge in [0.15, 0.2) is 0 Å². The molecule has 2 saturated heterocycles. The fourth-order valence-electron chi connectivity index (χ4n) is 3.96. The van der Waals surface area contributed by atoms with Crippen LogP contribution >= 0.6 is 0 Å². The SMILES string of the molecule is CCOC(=O)[C@@H]1CN(C2CCN(C)CC2)CCN1C(=O)OCc1ccccc1. The molecule has 28 heavy (non-hydrogen) atoms. The van der Waals surface area contributed by atoms with Gasteiger partial charge in [-0.15, -0.1) is 0 Å². The van der Waals surface area contributed by atoms with E-state index in [2.05, 4.69) is 16.8 Å². The number of carbonyl (C=O) groups is 2. The molecule has 1 aromatic rings. The first kappa shape index (κ1) is 20.6. The van der Waals surface area contributed by atoms with Gasteiger partial charge >= 0.3 is 12.1 Å². The molecular weight excluding hydrogens is 358 g/mol. The van der Waals surface area contributed by atoms with Gasteiger partial charge in [-0.2, -0.15) is 0 Å². The van der Waals surface area contributed by atoms with Crippen LogP contribution in [-0.4, -0.2) is 85.2 Å². The number of benzene rings is 1. The minimum absolute atomic E-state index is 0.199. The van der Waals surface area contributed by atoms with Gasteiger partial charge in [-0.05, 0) is 45.5 Å². The highest BCUT2D eigenvalue weighted by Gasteiger charge is 2.39. The molecule has 0 saturated carbocycles. The van der Waals surface area contributed by atoms with Gasteiger partial charge in [0.25, 0.3) is 0 Å². The lowest BCUT2D eigenvalue weighted by atomic mass is 10.0. The molecule has 154 valence electrons. The van der Waals surface area contributed by atoms with Gasteiger partial charge in [-0.1, -0.05) is 30.3 Å². The van der Waals surface area contributed by atoms with Crippen molar-refractivity contribution in [2.24, 2.45) is 0 Å². The Hall–Kier alpha value is -2.12. The molecule has 0 aromatic heterocycles. The molecule has 0 radical (unpaired) electrons. The van der Waals surface area contributed by atoms with Crippen LogP contribution < -0.4 is 0 Å². The van der Waals surface area contributed by atoms with Gasteiger partial charge in [0.2, 0.25) is 0 Å². The molecule has 3 rings (SSSR count). The molecule has 7 heteroatoms. The number of hydrogen-bond donors (Lipinski definition) is 0. The smallest absolute Gasteiger partial charge is 0.410 e. The van der Waals surface area contributed by atoms with Crippen molar-refractivity contribution in [1.82, 2.24) is 14.7 Å².